The monoisotopic (exact) mass is 283 g/mol. The molecule has 1 aliphatic rings. The summed E-state index contributed by atoms with van der Waals surface area (Å²) in [6, 6.07) is -0.261. The molecule has 1 rings (SSSR count). The van der Waals surface area contributed by atoms with Crippen LogP contribution in [0.25, 0.3) is 0 Å². The third kappa shape index (κ3) is 4.03. The minimum atomic E-state index is -0.321. The molecule has 1 unspecified atom stereocenters. The second-order valence-corrected chi connectivity index (χ2v) is 5.31. The van der Waals surface area contributed by atoms with Crippen LogP contribution in [0.15, 0.2) is 0 Å². The van der Waals surface area contributed by atoms with E-state index in [0.29, 0.717) is 6.42 Å². The van der Waals surface area contributed by atoms with Gasteiger partial charge in [0, 0.05) is 19.1 Å². The van der Waals surface area contributed by atoms with E-state index in [4.69, 9.17) is 0 Å². The Bertz CT molecular complexity index is 325. The van der Waals surface area contributed by atoms with Crippen molar-refractivity contribution >= 4 is 11.8 Å². The maximum atomic E-state index is 12.3. The number of carbonyl (C=O) groups excluding carboxylic acids is 2. The molecule has 5 nitrogen and oxygen atoms in total. The van der Waals surface area contributed by atoms with Gasteiger partial charge in [-0.25, -0.2) is 0 Å². The number of carbonyl (C=O) groups is 2. The zero-order chi connectivity index (χ0) is 15.1. The molecule has 2 amide bonds. The Morgan fingerprint density at radius 1 is 1.20 bits per heavy atom. The average molecular weight is 283 g/mol. The number of amides is 2. The van der Waals surface area contributed by atoms with Crippen LogP contribution in [0, 0.1) is 0 Å². The highest BCUT2D eigenvalue weighted by atomic mass is 16.2. The Hall–Kier alpha value is -0.940. The van der Waals surface area contributed by atoms with Gasteiger partial charge in [0.05, 0.1) is 12.5 Å². The molecule has 5 heteroatoms. The smallest absolute Gasteiger partial charge is 0.247 e. The van der Waals surface area contributed by atoms with Crippen LogP contribution >= 0.6 is 0 Å². The van der Waals surface area contributed by atoms with Gasteiger partial charge in [-0.05, 0) is 25.9 Å². The third-order valence-corrected chi connectivity index (χ3v) is 4.20. The van der Waals surface area contributed by atoms with Gasteiger partial charge in [-0.3, -0.25) is 14.5 Å². The SMILES string of the molecule is CCC(CC)N1C(=O)CC(NCCN(CC)CC)C1=O. The first-order valence-corrected chi connectivity index (χ1v) is 7.90. The van der Waals surface area contributed by atoms with Crippen molar-refractivity contribution in [2.24, 2.45) is 0 Å². The van der Waals surface area contributed by atoms with Gasteiger partial charge >= 0.3 is 0 Å². The van der Waals surface area contributed by atoms with E-state index in [1.807, 2.05) is 13.8 Å². The summed E-state index contributed by atoms with van der Waals surface area (Å²) in [5.74, 6) is -0.0627. The van der Waals surface area contributed by atoms with Gasteiger partial charge < -0.3 is 10.2 Å². The van der Waals surface area contributed by atoms with Crippen molar-refractivity contribution in [3.8, 4) is 0 Å². The maximum Gasteiger partial charge on any atom is 0.247 e. The largest absolute Gasteiger partial charge is 0.304 e. The number of nitrogens with one attached hydrogen (secondary N) is 1. The molecule has 0 aliphatic carbocycles. The van der Waals surface area contributed by atoms with Gasteiger partial charge in [0.25, 0.3) is 0 Å². The highest BCUT2D eigenvalue weighted by molar-refractivity contribution is 6.05. The van der Waals surface area contributed by atoms with Crippen LogP contribution in [-0.4, -0.2) is 59.9 Å². The minimum Gasteiger partial charge on any atom is -0.304 e. The molecular formula is C15H29N3O2. The van der Waals surface area contributed by atoms with E-state index in [9.17, 15) is 9.59 Å². The first kappa shape index (κ1) is 17.1. The normalized spacial score (nSPS) is 19.7. The van der Waals surface area contributed by atoms with Gasteiger partial charge in [0.1, 0.15) is 0 Å². The summed E-state index contributed by atoms with van der Waals surface area (Å²) in [4.78, 5) is 28.1. The van der Waals surface area contributed by atoms with Crippen LogP contribution in [0.4, 0.5) is 0 Å². The fourth-order valence-corrected chi connectivity index (χ4v) is 2.78. The zero-order valence-electron chi connectivity index (χ0n) is 13.3. The molecule has 1 atom stereocenters. The van der Waals surface area contributed by atoms with E-state index < -0.39 is 0 Å². The fraction of sp³-hybridized carbons (Fsp3) is 0.867. The van der Waals surface area contributed by atoms with E-state index in [0.717, 1.165) is 39.0 Å². The van der Waals surface area contributed by atoms with Crippen molar-refractivity contribution in [2.75, 3.05) is 26.2 Å². The Morgan fingerprint density at radius 3 is 2.30 bits per heavy atom. The molecule has 1 heterocycles. The number of nitrogens with zero attached hydrogens (tertiary/aromatic N) is 2. The molecule has 0 aromatic heterocycles. The number of imide groups is 1. The Labute approximate surface area is 122 Å². The predicted molar refractivity (Wildman–Crippen MR) is 80.4 cm³/mol. The third-order valence-electron chi connectivity index (χ3n) is 4.20. The summed E-state index contributed by atoms with van der Waals surface area (Å²) in [7, 11) is 0. The molecule has 1 aliphatic heterocycles. The van der Waals surface area contributed by atoms with E-state index in [2.05, 4.69) is 24.1 Å². The Morgan fingerprint density at radius 2 is 1.80 bits per heavy atom. The van der Waals surface area contributed by atoms with E-state index in [1.54, 1.807) is 0 Å². The molecule has 1 fully saturated rings. The van der Waals surface area contributed by atoms with Gasteiger partial charge in [-0.1, -0.05) is 27.7 Å². The van der Waals surface area contributed by atoms with E-state index >= 15 is 0 Å². The van der Waals surface area contributed by atoms with Crippen LogP contribution in [0.3, 0.4) is 0 Å². The van der Waals surface area contributed by atoms with Crippen molar-refractivity contribution in [3.63, 3.8) is 0 Å². The van der Waals surface area contributed by atoms with Crippen LogP contribution < -0.4 is 5.32 Å². The van der Waals surface area contributed by atoms with Crippen molar-refractivity contribution in [1.29, 1.82) is 0 Å². The summed E-state index contributed by atoms with van der Waals surface area (Å²) in [6.07, 6.45) is 1.98. The topological polar surface area (TPSA) is 52.7 Å². The van der Waals surface area contributed by atoms with Gasteiger partial charge in [0.15, 0.2) is 0 Å². The summed E-state index contributed by atoms with van der Waals surface area (Å²) in [5.41, 5.74) is 0. The summed E-state index contributed by atoms with van der Waals surface area (Å²) < 4.78 is 0. The Kier molecular flexibility index (Phi) is 7.16. The molecule has 0 spiro atoms. The van der Waals surface area contributed by atoms with Crippen molar-refractivity contribution in [3.05, 3.63) is 0 Å². The van der Waals surface area contributed by atoms with Crippen molar-refractivity contribution in [1.82, 2.24) is 15.1 Å². The minimum absolute atomic E-state index is 0.0240. The number of likely N-dealkylation sites (tertiary alicyclic amines) is 1. The van der Waals surface area contributed by atoms with Crippen LogP contribution in [0.2, 0.25) is 0 Å². The number of hydrogen-bond donors (Lipinski definition) is 1. The Balaban J connectivity index is 2.50. The first-order valence-electron chi connectivity index (χ1n) is 7.90. The number of hydrogen-bond acceptors (Lipinski definition) is 4. The molecule has 0 aromatic rings. The van der Waals surface area contributed by atoms with Crippen LogP contribution in [0.1, 0.15) is 47.0 Å². The summed E-state index contributed by atoms with van der Waals surface area (Å²) >= 11 is 0. The van der Waals surface area contributed by atoms with Gasteiger partial charge in [-0.15, -0.1) is 0 Å². The standard InChI is InChI=1S/C15H29N3O2/c1-5-12(6-2)18-14(19)11-13(15(18)20)16-9-10-17(7-3)8-4/h12-13,16H,5-11H2,1-4H3. The van der Waals surface area contributed by atoms with Crippen molar-refractivity contribution in [2.45, 2.75) is 59.0 Å². The molecule has 116 valence electrons. The predicted octanol–water partition coefficient (Wildman–Crippen LogP) is 1.23. The lowest BCUT2D eigenvalue weighted by Crippen LogP contribution is -2.45. The maximum absolute atomic E-state index is 12.3. The van der Waals surface area contributed by atoms with E-state index in [-0.39, 0.29) is 23.9 Å². The molecule has 0 bridgehead atoms. The zero-order valence-corrected chi connectivity index (χ0v) is 13.3. The lowest BCUT2D eigenvalue weighted by atomic mass is 10.1. The molecule has 1 N–H and O–H groups in total. The van der Waals surface area contributed by atoms with Crippen LogP contribution in [0.5, 0.6) is 0 Å². The molecule has 20 heavy (non-hydrogen) atoms. The fourth-order valence-electron chi connectivity index (χ4n) is 2.78. The summed E-state index contributed by atoms with van der Waals surface area (Å²) in [6.45, 7) is 12.0. The highest BCUT2D eigenvalue weighted by Gasteiger charge is 2.40. The van der Waals surface area contributed by atoms with Gasteiger partial charge in [-0.2, -0.15) is 0 Å². The first-order chi connectivity index (χ1) is 9.58. The molecule has 0 radical (unpaired) electrons. The van der Waals surface area contributed by atoms with Crippen LogP contribution in [-0.2, 0) is 9.59 Å². The molecule has 0 aromatic carbocycles. The highest BCUT2D eigenvalue weighted by Crippen LogP contribution is 2.19. The molecular weight excluding hydrogens is 254 g/mol. The molecule has 1 saturated heterocycles. The lowest BCUT2D eigenvalue weighted by Gasteiger charge is -2.24. The quantitative estimate of drug-likeness (QED) is 0.647. The summed E-state index contributed by atoms with van der Waals surface area (Å²) in [5, 5.41) is 3.24. The van der Waals surface area contributed by atoms with Crippen molar-refractivity contribution < 1.29 is 9.59 Å². The molecule has 0 saturated carbocycles. The number of rotatable bonds is 9. The second-order valence-electron chi connectivity index (χ2n) is 5.31. The lowest BCUT2D eigenvalue weighted by molar-refractivity contribution is -0.141. The second kappa shape index (κ2) is 8.37. The van der Waals surface area contributed by atoms with E-state index in [1.165, 1.54) is 4.90 Å². The van der Waals surface area contributed by atoms with Gasteiger partial charge in [0.2, 0.25) is 11.8 Å². The number of likely N-dealkylation sites (N-methyl/N-ethyl adjacent to an activating group) is 1. The average Bonchev–Trinajstić information content (AvgIpc) is 2.73.